The Balaban J connectivity index is 1.85. The molecule has 0 bridgehead atoms. The normalized spacial score (nSPS) is 24.2. The molecule has 4 atom stereocenters. The molecule has 1 aliphatic carbocycles. The second-order valence-electron chi connectivity index (χ2n) is 9.25. The first kappa shape index (κ1) is 25.9. The fourth-order valence-corrected chi connectivity index (χ4v) is 5.11. The largest absolute Gasteiger partial charge is 0.459 e. The van der Waals surface area contributed by atoms with Crippen LogP contribution in [0, 0.1) is 23.7 Å². The van der Waals surface area contributed by atoms with Crippen molar-refractivity contribution in [1.82, 2.24) is 4.90 Å². The van der Waals surface area contributed by atoms with Gasteiger partial charge in [0.15, 0.2) is 0 Å². The second-order valence-corrected chi connectivity index (χ2v) is 9.25. The monoisotopic (exact) mass is 475 g/mol. The van der Waals surface area contributed by atoms with Gasteiger partial charge in [-0.3, -0.25) is 9.59 Å². The van der Waals surface area contributed by atoms with Crippen molar-refractivity contribution in [1.29, 1.82) is 0 Å². The third-order valence-corrected chi connectivity index (χ3v) is 6.77. The van der Waals surface area contributed by atoms with Gasteiger partial charge in [-0.1, -0.05) is 25.0 Å². The van der Waals surface area contributed by atoms with Crippen LogP contribution in [0.25, 0.3) is 6.08 Å². The number of nitrogens with zero attached hydrogens (tertiary/aromatic N) is 1. The molecule has 2 heterocycles. The summed E-state index contributed by atoms with van der Waals surface area (Å²) in [5, 5.41) is 30.6. The average molecular weight is 476 g/mol. The van der Waals surface area contributed by atoms with Crippen LogP contribution in [-0.2, 0) is 20.9 Å². The maximum Gasteiger partial charge on any atom is 0.423 e. The number of carbonyl (C=O) groups is 3. The Morgan fingerprint density at radius 2 is 1.97 bits per heavy atom. The fraction of sp³-hybridized carbons (Fsp3) is 0.560. The highest BCUT2D eigenvalue weighted by molar-refractivity contribution is 6.16. The van der Waals surface area contributed by atoms with Gasteiger partial charge in [-0.05, 0) is 55.9 Å². The summed E-state index contributed by atoms with van der Waals surface area (Å²) in [4.78, 5) is 38.5. The van der Waals surface area contributed by atoms with Crippen LogP contribution in [0.2, 0.25) is 0 Å². The van der Waals surface area contributed by atoms with E-state index in [-0.39, 0.29) is 18.9 Å². The molecule has 1 saturated heterocycles. The van der Waals surface area contributed by atoms with Crippen molar-refractivity contribution >= 4 is 24.0 Å². The summed E-state index contributed by atoms with van der Waals surface area (Å²) in [6.45, 7) is 5.17. The number of amides is 3. The van der Waals surface area contributed by atoms with Crippen molar-refractivity contribution < 1.29 is 38.9 Å². The zero-order valence-corrected chi connectivity index (χ0v) is 20.0. The zero-order valence-electron chi connectivity index (χ0n) is 20.0. The predicted molar refractivity (Wildman–Crippen MR) is 122 cm³/mol. The molecule has 1 aromatic rings. The smallest absolute Gasteiger partial charge is 0.423 e. The highest BCUT2D eigenvalue weighted by Gasteiger charge is 2.57. The van der Waals surface area contributed by atoms with Crippen LogP contribution in [0.5, 0.6) is 0 Å². The molecule has 3 N–H and O–H groups in total. The van der Waals surface area contributed by atoms with Gasteiger partial charge >= 0.3 is 6.09 Å². The Hall–Kier alpha value is -2.75. The lowest BCUT2D eigenvalue weighted by Crippen LogP contribution is -2.40. The maximum absolute atomic E-state index is 13.0. The summed E-state index contributed by atoms with van der Waals surface area (Å²) >= 11 is 0. The fourth-order valence-electron chi connectivity index (χ4n) is 5.11. The van der Waals surface area contributed by atoms with E-state index in [1.807, 2.05) is 26.8 Å². The highest BCUT2D eigenvalue weighted by atomic mass is 16.5. The zero-order chi connectivity index (χ0) is 25.2. The van der Waals surface area contributed by atoms with Gasteiger partial charge in [0, 0.05) is 5.92 Å². The summed E-state index contributed by atoms with van der Waals surface area (Å²) in [5.74, 6) is -2.72. The van der Waals surface area contributed by atoms with Crippen molar-refractivity contribution in [3.8, 4) is 0 Å². The number of carbonyl (C=O) groups excluding carboxylic acids is 3. The SMILES string of the molecule is COC(=O)N1C(=O)[C@@H]2[C@@H](CC(C(C)C)=C([C@H](O)CC/C(C)=C/c3ccc(CO)o3)[C@@H]2CO)C1=O. The Kier molecular flexibility index (Phi) is 8.12. The molecule has 1 fully saturated rings. The van der Waals surface area contributed by atoms with E-state index in [1.54, 1.807) is 12.1 Å². The molecule has 9 nitrogen and oxygen atoms in total. The van der Waals surface area contributed by atoms with E-state index >= 15 is 0 Å². The molecule has 9 heteroatoms. The topological polar surface area (TPSA) is 138 Å². The minimum Gasteiger partial charge on any atom is -0.459 e. The van der Waals surface area contributed by atoms with Crippen molar-refractivity contribution in [2.45, 2.75) is 52.7 Å². The predicted octanol–water partition coefficient (Wildman–Crippen LogP) is 2.65. The van der Waals surface area contributed by atoms with Crippen LogP contribution in [0.1, 0.15) is 51.6 Å². The number of likely N-dealkylation sites (tertiary alicyclic amines) is 1. The van der Waals surface area contributed by atoms with Crippen LogP contribution in [0.3, 0.4) is 0 Å². The number of hydrogen-bond donors (Lipinski definition) is 3. The Labute approximate surface area is 198 Å². The number of methoxy groups -OCH3 is 1. The molecule has 0 radical (unpaired) electrons. The van der Waals surface area contributed by atoms with Gasteiger partial charge in [-0.15, -0.1) is 0 Å². The van der Waals surface area contributed by atoms with Gasteiger partial charge in [0.25, 0.3) is 0 Å². The van der Waals surface area contributed by atoms with E-state index in [9.17, 15) is 24.6 Å². The minimum absolute atomic E-state index is 0.0219. The number of furan rings is 1. The van der Waals surface area contributed by atoms with Crippen LogP contribution in [0.4, 0.5) is 4.79 Å². The lowest BCUT2D eigenvalue weighted by molar-refractivity contribution is -0.137. The van der Waals surface area contributed by atoms with E-state index in [0.29, 0.717) is 34.8 Å². The summed E-state index contributed by atoms with van der Waals surface area (Å²) in [7, 11) is 1.10. The quantitative estimate of drug-likeness (QED) is 0.385. The molecule has 2 aliphatic rings. The first-order valence-electron chi connectivity index (χ1n) is 11.5. The van der Waals surface area contributed by atoms with Crippen LogP contribution in [-0.4, -0.2) is 57.9 Å². The molecule has 0 aromatic carbocycles. The number of aliphatic hydroxyl groups is 3. The van der Waals surface area contributed by atoms with Gasteiger partial charge in [-0.25, -0.2) is 4.79 Å². The van der Waals surface area contributed by atoms with E-state index in [2.05, 4.69) is 4.74 Å². The van der Waals surface area contributed by atoms with Crippen LogP contribution >= 0.6 is 0 Å². The van der Waals surface area contributed by atoms with Gasteiger partial charge in [-0.2, -0.15) is 4.90 Å². The molecule has 34 heavy (non-hydrogen) atoms. The van der Waals surface area contributed by atoms with E-state index < -0.39 is 48.4 Å². The number of rotatable bonds is 8. The third-order valence-electron chi connectivity index (χ3n) is 6.77. The number of ether oxygens (including phenoxy) is 1. The molecule has 0 unspecified atom stereocenters. The first-order chi connectivity index (χ1) is 16.1. The summed E-state index contributed by atoms with van der Waals surface area (Å²) in [6.07, 6.45) is 0.985. The van der Waals surface area contributed by atoms with Crippen molar-refractivity contribution in [2.75, 3.05) is 13.7 Å². The number of fused-ring (bicyclic) bond motifs is 1. The van der Waals surface area contributed by atoms with Crippen LogP contribution in [0.15, 0.2) is 33.3 Å². The second kappa shape index (κ2) is 10.7. The molecule has 1 aliphatic heterocycles. The molecule has 0 saturated carbocycles. The molecular weight excluding hydrogens is 442 g/mol. The molecule has 186 valence electrons. The summed E-state index contributed by atoms with van der Waals surface area (Å²) in [6, 6.07) is 3.44. The average Bonchev–Trinajstić information content (AvgIpc) is 3.37. The highest BCUT2D eigenvalue weighted by Crippen LogP contribution is 2.48. The maximum atomic E-state index is 13.0. The lowest BCUT2D eigenvalue weighted by Gasteiger charge is -2.38. The van der Waals surface area contributed by atoms with Crippen molar-refractivity contribution in [3.63, 3.8) is 0 Å². The molecule has 3 amide bonds. The van der Waals surface area contributed by atoms with Crippen molar-refractivity contribution in [2.24, 2.45) is 23.7 Å². The van der Waals surface area contributed by atoms with E-state index in [4.69, 9.17) is 9.52 Å². The van der Waals surface area contributed by atoms with Gasteiger partial charge in [0.1, 0.15) is 18.1 Å². The standard InChI is InChI=1S/C25H33NO8/c1-13(2)17-10-18-22(24(31)26(23(18)30)25(32)33-4)19(12-28)21(17)20(29)8-5-14(3)9-15-6-7-16(11-27)34-15/h6-7,9,13,18-20,22,27-29H,5,8,10-12H2,1-4H3/b14-9+/t18-,19+,20-,22-/m1/s1. The van der Waals surface area contributed by atoms with Crippen LogP contribution < -0.4 is 0 Å². The number of hydrogen-bond acceptors (Lipinski definition) is 8. The van der Waals surface area contributed by atoms with Gasteiger partial charge in [0.2, 0.25) is 11.8 Å². The van der Waals surface area contributed by atoms with Gasteiger partial charge in [0.05, 0.1) is 31.7 Å². The molecule has 1 aromatic heterocycles. The molecule has 0 spiro atoms. The third kappa shape index (κ3) is 4.87. The number of aliphatic hydroxyl groups excluding tert-OH is 3. The first-order valence-corrected chi connectivity index (χ1v) is 11.5. The Morgan fingerprint density at radius 3 is 2.53 bits per heavy atom. The molecule has 3 rings (SSSR count). The number of allylic oxidation sites excluding steroid dienone is 2. The van der Waals surface area contributed by atoms with E-state index in [1.165, 1.54) is 0 Å². The van der Waals surface area contributed by atoms with Gasteiger partial charge < -0.3 is 24.5 Å². The Bertz CT molecular complexity index is 1000. The number of imide groups is 3. The van der Waals surface area contributed by atoms with Crippen molar-refractivity contribution in [3.05, 3.63) is 40.4 Å². The lowest BCUT2D eigenvalue weighted by atomic mass is 9.66. The Morgan fingerprint density at radius 1 is 1.26 bits per heavy atom. The van der Waals surface area contributed by atoms with E-state index in [0.717, 1.165) is 18.3 Å². The molecular formula is C25H33NO8. The minimum atomic E-state index is -1.03. The summed E-state index contributed by atoms with van der Waals surface area (Å²) in [5.41, 5.74) is 2.36. The summed E-state index contributed by atoms with van der Waals surface area (Å²) < 4.78 is 10.1.